The molecule has 1 N–H and O–H groups in total. The summed E-state index contributed by atoms with van der Waals surface area (Å²) in [6.07, 6.45) is 2.67. The molecule has 1 saturated heterocycles. The number of rotatable bonds is 6. The highest BCUT2D eigenvalue weighted by molar-refractivity contribution is 7.94. The lowest BCUT2D eigenvalue weighted by atomic mass is 10.2. The molecule has 0 spiro atoms. The third-order valence-corrected chi connectivity index (χ3v) is 8.79. The standard InChI is InChI=1S/C16H20N2O5S3/c1-23-15-8-7-13(26(21,22)18-9-3-2-4-10-18)12-14(15)17-25(19,20)16-6-5-11-24-16/h5-8,11-12,17H,2-4,9-10H2,1H3. The summed E-state index contributed by atoms with van der Waals surface area (Å²) in [5, 5.41) is 1.66. The Kier molecular flexibility index (Phi) is 5.56. The van der Waals surface area contributed by atoms with Crippen LogP contribution in [0.3, 0.4) is 0 Å². The number of ether oxygens (including phenoxy) is 1. The van der Waals surface area contributed by atoms with Gasteiger partial charge in [0.2, 0.25) is 10.0 Å². The van der Waals surface area contributed by atoms with Crippen molar-refractivity contribution in [2.24, 2.45) is 0 Å². The number of benzene rings is 1. The van der Waals surface area contributed by atoms with Crippen LogP contribution in [-0.4, -0.2) is 41.3 Å². The van der Waals surface area contributed by atoms with E-state index < -0.39 is 20.0 Å². The molecule has 0 radical (unpaired) electrons. The first-order valence-corrected chi connectivity index (χ1v) is 11.9. The molecule has 1 aromatic heterocycles. The van der Waals surface area contributed by atoms with Crippen molar-refractivity contribution in [1.82, 2.24) is 4.31 Å². The maximum absolute atomic E-state index is 12.8. The first kappa shape index (κ1) is 19.2. The number of nitrogens with zero attached hydrogens (tertiary/aromatic N) is 1. The minimum Gasteiger partial charge on any atom is -0.495 e. The van der Waals surface area contributed by atoms with Gasteiger partial charge >= 0.3 is 0 Å². The number of sulfonamides is 2. The zero-order valence-electron chi connectivity index (χ0n) is 14.2. The number of hydrogen-bond donors (Lipinski definition) is 1. The van der Waals surface area contributed by atoms with Crippen LogP contribution in [0.15, 0.2) is 44.8 Å². The normalized spacial score (nSPS) is 16.3. The van der Waals surface area contributed by atoms with Crippen molar-refractivity contribution in [2.45, 2.75) is 28.4 Å². The SMILES string of the molecule is COc1ccc(S(=O)(=O)N2CCCCC2)cc1NS(=O)(=O)c1cccs1. The molecule has 1 aliphatic rings. The molecule has 0 amide bonds. The molecule has 0 bridgehead atoms. The van der Waals surface area contributed by atoms with Crippen molar-refractivity contribution in [3.05, 3.63) is 35.7 Å². The summed E-state index contributed by atoms with van der Waals surface area (Å²) >= 11 is 1.08. The number of hydrogen-bond acceptors (Lipinski definition) is 6. The van der Waals surface area contributed by atoms with E-state index in [2.05, 4.69) is 4.72 Å². The first-order valence-electron chi connectivity index (χ1n) is 8.09. The van der Waals surface area contributed by atoms with Gasteiger partial charge in [-0.1, -0.05) is 12.5 Å². The Balaban J connectivity index is 1.97. The van der Waals surface area contributed by atoms with Crippen molar-refractivity contribution in [3.63, 3.8) is 0 Å². The van der Waals surface area contributed by atoms with Crippen LogP contribution in [0.25, 0.3) is 0 Å². The number of methoxy groups -OCH3 is 1. The predicted octanol–water partition coefficient (Wildman–Crippen LogP) is 2.73. The molecule has 26 heavy (non-hydrogen) atoms. The molecule has 1 fully saturated rings. The van der Waals surface area contributed by atoms with E-state index in [1.54, 1.807) is 11.4 Å². The molecular formula is C16H20N2O5S3. The zero-order chi connectivity index (χ0) is 18.8. The largest absolute Gasteiger partial charge is 0.495 e. The summed E-state index contributed by atoms with van der Waals surface area (Å²) in [5.41, 5.74) is 0.0963. The average Bonchev–Trinajstić information content (AvgIpc) is 3.18. The van der Waals surface area contributed by atoms with Gasteiger partial charge in [-0.25, -0.2) is 16.8 Å². The Bertz CT molecular complexity index is 963. The van der Waals surface area contributed by atoms with Gasteiger partial charge in [0.05, 0.1) is 17.7 Å². The molecule has 0 saturated carbocycles. The van der Waals surface area contributed by atoms with E-state index in [9.17, 15) is 16.8 Å². The third kappa shape index (κ3) is 3.88. The second-order valence-corrected chi connectivity index (χ2v) is 10.7. The molecule has 1 aliphatic heterocycles. The Hall–Kier alpha value is -1.62. The van der Waals surface area contributed by atoms with Crippen molar-refractivity contribution in [3.8, 4) is 5.75 Å². The average molecular weight is 417 g/mol. The van der Waals surface area contributed by atoms with Crippen LogP contribution in [0.2, 0.25) is 0 Å². The fourth-order valence-electron chi connectivity index (χ4n) is 2.79. The maximum atomic E-state index is 12.8. The molecule has 3 rings (SSSR count). The van der Waals surface area contributed by atoms with Crippen molar-refractivity contribution in [2.75, 3.05) is 24.9 Å². The molecule has 2 aromatic rings. The second-order valence-electron chi connectivity index (χ2n) is 5.86. The van der Waals surface area contributed by atoms with Gasteiger partial charge in [-0.15, -0.1) is 11.3 Å². The smallest absolute Gasteiger partial charge is 0.271 e. The van der Waals surface area contributed by atoms with Crippen LogP contribution >= 0.6 is 11.3 Å². The van der Waals surface area contributed by atoms with Gasteiger partial charge in [0, 0.05) is 13.1 Å². The van der Waals surface area contributed by atoms with Crippen molar-refractivity contribution >= 4 is 37.1 Å². The van der Waals surface area contributed by atoms with Crippen LogP contribution in [0.5, 0.6) is 5.75 Å². The van der Waals surface area contributed by atoms with Gasteiger partial charge in [-0.05, 0) is 42.5 Å². The molecule has 10 heteroatoms. The third-order valence-electron chi connectivity index (χ3n) is 4.13. The van der Waals surface area contributed by atoms with Crippen LogP contribution in [0.4, 0.5) is 5.69 Å². The lowest BCUT2D eigenvalue weighted by Gasteiger charge is -2.26. The van der Waals surface area contributed by atoms with E-state index >= 15 is 0 Å². The van der Waals surface area contributed by atoms with E-state index in [0.29, 0.717) is 13.1 Å². The molecule has 0 unspecified atom stereocenters. The van der Waals surface area contributed by atoms with Crippen LogP contribution in [0.1, 0.15) is 19.3 Å². The van der Waals surface area contributed by atoms with E-state index in [-0.39, 0.29) is 20.5 Å². The van der Waals surface area contributed by atoms with Gasteiger partial charge in [0.15, 0.2) is 0 Å². The van der Waals surface area contributed by atoms with Gasteiger partial charge in [0.1, 0.15) is 9.96 Å². The van der Waals surface area contributed by atoms with Crippen LogP contribution in [0, 0.1) is 0 Å². The summed E-state index contributed by atoms with van der Waals surface area (Å²) in [5.74, 6) is 0.253. The molecule has 2 heterocycles. The minimum absolute atomic E-state index is 0.0454. The van der Waals surface area contributed by atoms with E-state index in [4.69, 9.17) is 4.74 Å². The quantitative estimate of drug-likeness (QED) is 0.782. The van der Waals surface area contributed by atoms with Gasteiger partial charge < -0.3 is 4.74 Å². The summed E-state index contributed by atoms with van der Waals surface area (Å²) in [4.78, 5) is 0.0454. The Labute approximate surface area is 157 Å². The highest BCUT2D eigenvalue weighted by atomic mass is 32.2. The lowest BCUT2D eigenvalue weighted by molar-refractivity contribution is 0.346. The Morgan fingerprint density at radius 1 is 1.08 bits per heavy atom. The minimum atomic E-state index is -3.81. The van der Waals surface area contributed by atoms with Gasteiger partial charge in [-0.2, -0.15) is 4.31 Å². The summed E-state index contributed by atoms with van der Waals surface area (Å²) in [7, 11) is -6.08. The fourth-order valence-corrected chi connectivity index (χ4v) is 6.39. The summed E-state index contributed by atoms with van der Waals surface area (Å²) in [6, 6.07) is 7.32. The predicted molar refractivity (Wildman–Crippen MR) is 101 cm³/mol. The second kappa shape index (κ2) is 7.55. The zero-order valence-corrected chi connectivity index (χ0v) is 16.7. The molecule has 7 nitrogen and oxygen atoms in total. The molecule has 1 aromatic carbocycles. The fraction of sp³-hybridized carbons (Fsp3) is 0.375. The Morgan fingerprint density at radius 3 is 2.42 bits per heavy atom. The van der Waals surface area contributed by atoms with Crippen LogP contribution < -0.4 is 9.46 Å². The Morgan fingerprint density at radius 2 is 1.81 bits per heavy atom. The monoisotopic (exact) mass is 416 g/mol. The molecule has 0 aliphatic carbocycles. The summed E-state index contributed by atoms with van der Waals surface area (Å²) < 4.78 is 59.8. The van der Waals surface area contributed by atoms with E-state index in [0.717, 1.165) is 30.6 Å². The topological polar surface area (TPSA) is 92.8 Å². The van der Waals surface area contributed by atoms with Crippen LogP contribution in [-0.2, 0) is 20.0 Å². The highest BCUT2D eigenvalue weighted by Crippen LogP contribution is 2.32. The summed E-state index contributed by atoms with van der Waals surface area (Å²) in [6.45, 7) is 0.954. The van der Waals surface area contributed by atoms with Crippen molar-refractivity contribution < 1.29 is 21.6 Å². The number of piperidine rings is 1. The lowest BCUT2D eigenvalue weighted by Crippen LogP contribution is -2.35. The van der Waals surface area contributed by atoms with E-state index in [1.165, 1.54) is 35.7 Å². The van der Waals surface area contributed by atoms with Crippen molar-refractivity contribution in [1.29, 1.82) is 0 Å². The van der Waals surface area contributed by atoms with Gasteiger partial charge in [0.25, 0.3) is 10.0 Å². The number of anilines is 1. The maximum Gasteiger partial charge on any atom is 0.271 e. The highest BCUT2D eigenvalue weighted by Gasteiger charge is 2.27. The number of nitrogens with one attached hydrogen (secondary N) is 1. The molecule has 0 atom stereocenters. The van der Waals surface area contributed by atoms with E-state index in [1.807, 2.05) is 0 Å². The number of thiophene rings is 1. The molecule has 142 valence electrons. The van der Waals surface area contributed by atoms with Gasteiger partial charge in [-0.3, -0.25) is 4.72 Å². The molecular weight excluding hydrogens is 396 g/mol. The first-order chi connectivity index (χ1) is 12.3.